The van der Waals surface area contributed by atoms with Crippen LogP contribution in [0, 0.1) is 0 Å². The summed E-state index contributed by atoms with van der Waals surface area (Å²) in [6.07, 6.45) is 0. The van der Waals surface area contributed by atoms with E-state index in [9.17, 15) is 9.59 Å². The fourth-order valence-electron chi connectivity index (χ4n) is 3.66. The Labute approximate surface area is 195 Å². The first kappa shape index (κ1) is 22.2. The highest BCUT2D eigenvalue weighted by Crippen LogP contribution is 2.32. The van der Waals surface area contributed by atoms with Gasteiger partial charge in [-0.15, -0.1) is 0 Å². The fraction of sp³-hybridized carbons (Fsp3) is 0.261. The first-order chi connectivity index (χ1) is 15.5. The third-order valence-corrected chi connectivity index (χ3v) is 6.23. The predicted octanol–water partition coefficient (Wildman–Crippen LogP) is 3.57. The Morgan fingerprint density at radius 2 is 1.78 bits per heavy atom. The van der Waals surface area contributed by atoms with Gasteiger partial charge in [-0.2, -0.15) is 5.10 Å². The van der Waals surface area contributed by atoms with Crippen molar-refractivity contribution in [1.29, 1.82) is 0 Å². The average molecular weight is 473 g/mol. The van der Waals surface area contributed by atoms with Gasteiger partial charge < -0.3 is 14.5 Å². The van der Waals surface area contributed by atoms with Crippen LogP contribution in [0.15, 0.2) is 59.4 Å². The summed E-state index contributed by atoms with van der Waals surface area (Å²) in [5.41, 5.74) is 1.93. The highest BCUT2D eigenvalue weighted by atomic mass is 35.5. The third kappa shape index (κ3) is 4.74. The maximum Gasteiger partial charge on any atom is 0.267 e. The van der Waals surface area contributed by atoms with Crippen LogP contribution < -0.4 is 15.2 Å². The number of amides is 1. The number of aromatic nitrogens is 2. The molecule has 0 N–H and O–H groups in total. The molecule has 1 saturated heterocycles. The summed E-state index contributed by atoms with van der Waals surface area (Å²) in [4.78, 5) is 29.0. The number of rotatable bonds is 5. The molecule has 1 amide bonds. The number of benzene rings is 2. The number of piperazine rings is 1. The van der Waals surface area contributed by atoms with Crippen molar-refractivity contribution in [3.63, 3.8) is 0 Å². The van der Waals surface area contributed by atoms with E-state index in [2.05, 4.69) is 10.00 Å². The zero-order valence-corrected chi connectivity index (χ0v) is 19.0. The second-order valence-corrected chi connectivity index (χ2v) is 8.17. The normalized spacial score (nSPS) is 13.8. The topological polar surface area (TPSA) is 67.7 Å². The molecular weight excluding hydrogens is 451 g/mol. The molecule has 1 aliphatic rings. The number of hydrogen-bond donors (Lipinski definition) is 0. The molecule has 166 valence electrons. The monoisotopic (exact) mass is 472 g/mol. The van der Waals surface area contributed by atoms with E-state index in [1.807, 2.05) is 36.4 Å². The van der Waals surface area contributed by atoms with Gasteiger partial charge in [-0.25, -0.2) is 4.68 Å². The molecule has 0 atom stereocenters. The minimum Gasteiger partial charge on any atom is -0.497 e. The van der Waals surface area contributed by atoms with E-state index >= 15 is 0 Å². The molecule has 4 rings (SSSR count). The molecule has 0 saturated carbocycles. The second kappa shape index (κ2) is 9.63. The van der Waals surface area contributed by atoms with Crippen LogP contribution in [0.1, 0.15) is 0 Å². The van der Waals surface area contributed by atoms with Crippen molar-refractivity contribution >= 4 is 34.8 Å². The van der Waals surface area contributed by atoms with E-state index in [1.165, 1.54) is 10.7 Å². The molecule has 2 aromatic carbocycles. The van der Waals surface area contributed by atoms with Crippen LogP contribution in [0.5, 0.6) is 5.75 Å². The molecule has 32 heavy (non-hydrogen) atoms. The zero-order chi connectivity index (χ0) is 22.7. The molecule has 7 nitrogen and oxygen atoms in total. The average Bonchev–Trinajstić information content (AvgIpc) is 2.82. The summed E-state index contributed by atoms with van der Waals surface area (Å²) in [6.45, 7) is 2.17. The van der Waals surface area contributed by atoms with Crippen LogP contribution in [-0.2, 0) is 11.3 Å². The van der Waals surface area contributed by atoms with Gasteiger partial charge in [0.2, 0.25) is 5.91 Å². The molecule has 1 fully saturated rings. The molecule has 1 aromatic heterocycles. The lowest BCUT2D eigenvalue weighted by atomic mass is 10.1. The van der Waals surface area contributed by atoms with Crippen molar-refractivity contribution in [2.45, 2.75) is 6.54 Å². The summed E-state index contributed by atoms with van der Waals surface area (Å²) >= 11 is 12.4. The van der Waals surface area contributed by atoms with E-state index in [4.69, 9.17) is 27.9 Å². The SMILES string of the molecule is COc1cccc(-c2ccc(=O)n(CC(=O)N3CCN(c4cccc(Cl)c4Cl)CC3)n2)c1. The fourth-order valence-corrected chi connectivity index (χ4v) is 4.08. The van der Waals surface area contributed by atoms with Gasteiger partial charge in [0, 0.05) is 37.8 Å². The van der Waals surface area contributed by atoms with Crippen LogP contribution in [0.2, 0.25) is 10.0 Å². The molecule has 3 aromatic rings. The third-order valence-electron chi connectivity index (χ3n) is 5.42. The molecule has 9 heteroatoms. The molecule has 0 aliphatic carbocycles. The van der Waals surface area contributed by atoms with Gasteiger partial charge in [-0.1, -0.05) is 41.4 Å². The lowest BCUT2D eigenvalue weighted by Gasteiger charge is -2.36. The zero-order valence-electron chi connectivity index (χ0n) is 17.5. The summed E-state index contributed by atoms with van der Waals surface area (Å²) in [6, 6.07) is 16.0. The predicted molar refractivity (Wildman–Crippen MR) is 126 cm³/mol. The van der Waals surface area contributed by atoms with E-state index in [1.54, 1.807) is 24.1 Å². The Hall–Kier alpha value is -3.03. The highest BCUT2D eigenvalue weighted by Gasteiger charge is 2.23. The van der Waals surface area contributed by atoms with Crippen molar-refractivity contribution in [3.05, 3.63) is 75.0 Å². The summed E-state index contributed by atoms with van der Waals surface area (Å²) in [5, 5.41) is 5.41. The van der Waals surface area contributed by atoms with Crippen molar-refractivity contribution < 1.29 is 9.53 Å². The van der Waals surface area contributed by atoms with Gasteiger partial charge in [-0.05, 0) is 30.3 Å². The summed E-state index contributed by atoms with van der Waals surface area (Å²) in [7, 11) is 1.59. The Kier molecular flexibility index (Phi) is 6.67. The van der Waals surface area contributed by atoms with Gasteiger partial charge in [0.05, 0.1) is 28.5 Å². The number of halogens is 2. The molecule has 0 unspecified atom stereocenters. The van der Waals surface area contributed by atoms with Gasteiger partial charge in [-0.3, -0.25) is 9.59 Å². The van der Waals surface area contributed by atoms with Crippen molar-refractivity contribution in [1.82, 2.24) is 14.7 Å². The highest BCUT2D eigenvalue weighted by molar-refractivity contribution is 6.43. The first-order valence-corrected chi connectivity index (χ1v) is 10.9. The maximum absolute atomic E-state index is 12.9. The number of carbonyl (C=O) groups is 1. The Morgan fingerprint density at radius 1 is 1.03 bits per heavy atom. The van der Waals surface area contributed by atoms with Crippen LogP contribution in [0.25, 0.3) is 11.3 Å². The number of hydrogen-bond acceptors (Lipinski definition) is 5. The van der Waals surface area contributed by atoms with Crippen LogP contribution >= 0.6 is 23.2 Å². The van der Waals surface area contributed by atoms with Crippen LogP contribution in [0.3, 0.4) is 0 Å². The Bertz CT molecular complexity index is 1190. The largest absolute Gasteiger partial charge is 0.497 e. The number of methoxy groups -OCH3 is 1. The minimum absolute atomic E-state index is 0.117. The molecule has 0 radical (unpaired) electrons. The lowest BCUT2D eigenvalue weighted by Crippen LogP contribution is -2.50. The van der Waals surface area contributed by atoms with E-state index in [0.717, 1.165) is 11.3 Å². The summed E-state index contributed by atoms with van der Waals surface area (Å²) < 4.78 is 6.46. The molecular formula is C23H22Cl2N4O3. The number of carbonyl (C=O) groups excluding carboxylic acids is 1. The van der Waals surface area contributed by atoms with Crippen LogP contribution in [-0.4, -0.2) is 53.9 Å². The van der Waals surface area contributed by atoms with Gasteiger partial charge in [0.25, 0.3) is 5.56 Å². The molecule has 1 aliphatic heterocycles. The summed E-state index contributed by atoms with van der Waals surface area (Å²) in [5.74, 6) is 0.537. The molecule has 0 bridgehead atoms. The quantitative estimate of drug-likeness (QED) is 0.567. The van der Waals surface area contributed by atoms with Crippen molar-refractivity contribution in [2.75, 3.05) is 38.2 Å². The number of anilines is 1. The first-order valence-electron chi connectivity index (χ1n) is 10.2. The second-order valence-electron chi connectivity index (χ2n) is 7.39. The maximum atomic E-state index is 12.9. The van der Waals surface area contributed by atoms with Gasteiger partial charge in [0.15, 0.2) is 0 Å². The molecule has 0 spiro atoms. The Balaban J connectivity index is 1.44. The van der Waals surface area contributed by atoms with E-state index in [0.29, 0.717) is 47.7 Å². The van der Waals surface area contributed by atoms with Crippen molar-refractivity contribution in [3.8, 4) is 17.0 Å². The smallest absolute Gasteiger partial charge is 0.267 e. The standard InChI is InChI=1S/C23H22Cl2N4O3/c1-32-17-5-2-4-16(14-17)19-8-9-21(30)29(26-19)15-22(31)28-12-10-27(11-13-28)20-7-3-6-18(24)23(20)25/h2-9,14H,10-13,15H2,1H3. The van der Waals surface area contributed by atoms with Gasteiger partial charge in [0.1, 0.15) is 12.3 Å². The van der Waals surface area contributed by atoms with Gasteiger partial charge >= 0.3 is 0 Å². The number of ether oxygens (including phenoxy) is 1. The van der Waals surface area contributed by atoms with Crippen molar-refractivity contribution in [2.24, 2.45) is 0 Å². The van der Waals surface area contributed by atoms with E-state index in [-0.39, 0.29) is 18.0 Å². The number of nitrogens with zero attached hydrogens (tertiary/aromatic N) is 4. The molecule has 2 heterocycles. The van der Waals surface area contributed by atoms with Crippen LogP contribution in [0.4, 0.5) is 5.69 Å². The minimum atomic E-state index is -0.325. The van der Waals surface area contributed by atoms with E-state index < -0.39 is 0 Å². The lowest BCUT2D eigenvalue weighted by molar-refractivity contribution is -0.132. The Morgan fingerprint density at radius 3 is 2.53 bits per heavy atom.